The van der Waals surface area contributed by atoms with Crippen LogP contribution in [0.4, 0.5) is 0 Å². The predicted molar refractivity (Wildman–Crippen MR) is 79.0 cm³/mol. The Bertz CT molecular complexity index is 826. The summed E-state index contributed by atoms with van der Waals surface area (Å²) in [5.74, 6) is 0.258. The molecule has 2 heterocycles. The van der Waals surface area contributed by atoms with Crippen LogP contribution in [0, 0.1) is 0 Å². The number of pyridine rings is 1. The number of benzene rings is 1. The number of aromatic hydroxyl groups is 1. The monoisotopic (exact) mass is 298 g/mol. The summed E-state index contributed by atoms with van der Waals surface area (Å²) in [5, 5.41) is 9.40. The van der Waals surface area contributed by atoms with Crippen LogP contribution in [0.15, 0.2) is 48.7 Å². The fraction of sp³-hybridized carbons (Fsp3) is 0.125. The number of rotatable bonds is 4. The highest BCUT2D eigenvalue weighted by Crippen LogP contribution is 2.19. The fourth-order valence-corrected chi connectivity index (χ4v) is 2.13. The molecule has 0 spiro atoms. The zero-order valence-corrected chi connectivity index (χ0v) is 11.9. The van der Waals surface area contributed by atoms with E-state index in [9.17, 15) is 9.90 Å². The quantitative estimate of drug-likeness (QED) is 0.749. The topological polar surface area (TPSA) is 73.1 Å². The summed E-state index contributed by atoms with van der Waals surface area (Å²) in [6.07, 6.45) is 1.73. The average molecular weight is 298 g/mol. The lowest BCUT2D eigenvalue weighted by Crippen LogP contribution is -2.07. The van der Waals surface area contributed by atoms with Crippen molar-refractivity contribution in [1.82, 2.24) is 9.38 Å². The first-order valence-electron chi connectivity index (χ1n) is 6.64. The number of nitrogens with zero attached hydrogens (tertiary/aromatic N) is 2. The average Bonchev–Trinajstić information content (AvgIpc) is 2.95. The lowest BCUT2D eigenvalue weighted by atomic mass is 10.3. The third kappa shape index (κ3) is 2.71. The van der Waals surface area contributed by atoms with Gasteiger partial charge in [-0.1, -0.05) is 12.1 Å². The van der Waals surface area contributed by atoms with Gasteiger partial charge >= 0.3 is 5.97 Å². The zero-order chi connectivity index (χ0) is 15.5. The largest absolute Gasteiger partial charge is 0.508 e. The number of phenolic OH excluding ortho intramolecular Hbond substituents is 1. The molecule has 0 fully saturated rings. The van der Waals surface area contributed by atoms with E-state index in [4.69, 9.17) is 9.47 Å². The molecule has 0 saturated heterocycles. The molecular weight excluding hydrogens is 284 g/mol. The Kier molecular flexibility index (Phi) is 3.65. The molecule has 1 aromatic carbocycles. The Hall–Kier alpha value is -3.02. The summed E-state index contributed by atoms with van der Waals surface area (Å²) in [6.45, 7) is 0.228. The van der Waals surface area contributed by atoms with E-state index in [2.05, 4.69) is 4.98 Å². The van der Waals surface area contributed by atoms with E-state index in [0.29, 0.717) is 22.8 Å². The number of esters is 1. The van der Waals surface area contributed by atoms with Crippen LogP contribution in [-0.4, -0.2) is 27.6 Å². The Morgan fingerprint density at radius 3 is 2.86 bits per heavy atom. The van der Waals surface area contributed by atoms with Gasteiger partial charge in [0.05, 0.1) is 12.8 Å². The predicted octanol–water partition coefficient (Wildman–Crippen LogP) is 2.41. The number of imidazole rings is 1. The molecule has 0 amide bonds. The standard InChI is InChI=1S/C16H14N2O4/c1-21-16(20)14-6-3-7-15-17-11(9-18(14)15)10-22-13-5-2-4-12(19)8-13/h2-9,19H,10H2,1H3. The van der Waals surface area contributed by atoms with E-state index in [1.54, 1.807) is 47.0 Å². The minimum absolute atomic E-state index is 0.139. The molecule has 0 unspecified atom stereocenters. The van der Waals surface area contributed by atoms with Gasteiger partial charge in [-0.05, 0) is 24.3 Å². The van der Waals surface area contributed by atoms with Gasteiger partial charge in [-0.25, -0.2) is 9.78 Å². The van der Waals surface area contributed by atoms with E-state index in [1.165, 1.54) is 13.2 Å². The summed E-state index contributed by atoms with van der Waals surface area (Å²) < 4.78 is 12.0. The van der Waals surface area contributed by atoms with Gasteiger partial charge < -0.3 is 14.6 Å². The minimum atomic E-state index is -0.427. The molecule has 3 rings (SSSR count). The summed E-state index contributed by atoms with van der Waals surface area (Å²) in [5.41, 5.74) is 1.70. The first-order chi connectivity index (χ1) is 10.7. The number of hydrogen-bond donors (Lipinski definition) is 1. The van der Waals surface area contributed by atoms with Gasteiger partial charge in [0.15, 0.2) is 0 Å². The number of carbonyl (C=O) groups is 1. The second kappa shape index (κ2) is 5.77. The van der Waals surface area contributed by atoms with Gasteiger partial charge in [-0.2, -0.15) is 0 Å². The van der Waals surface area contributed by atoms with Crippen LogP contribution in [0.1, 0.15) is 16.2 Å². The second-order valence-corrected chi connectivity index (χ2v) is 4.65. The Morgan fingerprint density at radius 1 is 1.27 bits per heavy atom. The third-order valence-electron chi connectivity index (χ3n) is 3.14. The van der Waals surface area contributed by atoms with Crippen molar-refractivity contribution in [3.05, 3.63) is 60.0 Å². The second-order valence-electron chi connectivity index (χ2n) is 4.65. The first-order valence-corrected chi connectivity index (χ1v) is 6.64. The molecule has 2 aromatic heterocycles. The summed E-state index contributed by atoms with van der Waals surface area (Å²) in [7, 11) is 1.34. The van der Waals surface area contributed by atoms with Gasteiger partial charge in [0, 0.05) is 12.3 Å². The van der Waals surface area contributed by atoms with E-state index in [1.807, 2.05) is 0 Å². The third-order valence-corrected chi connectivity index (χ3v) is 3.14. The van der Waals surface area contributed by atoms with Gasteiger partial charge in [-0.15, -0.1) is 0 Å². The number of phenols is 1. The molecule has 0 aliphatic carbocycles. The molecule has 112 valence electrons. The van der Waals surface area contributed by atoms with Gasteiger partial charge in [0.25, 0.3) is 0 Å². The number of ether oxygens (including phenoxy) is 2. The van der Waals surface area contributed by atoms with E-state index in [0.717, 1.165) is 0 Å². The molecule has 6 nitrogen and oxygen atoms in total. The van der Waals surface area contributed by atoms with Crippen molar-refractivity contribution in [2.75, 3.05) is 7.11 Å². The number of aromatic nitrogens is 2. The molecule has 0 radical (unpaired) electrons. The van der Waals surface area contributed by atoms with Gasteiger partial charge in [0.1, 0.15) is 29.4 Å². The number of hydrogen-bond acceptors (Lipinski definition) is 5. The maximum atomic E-state index is 11.7. The molecule has 6 heteroatoms. The molecule has 0 atom stereocenters. The molecule has 0 saturated carbocycles. The number of carbonyl (C=O) groups excluding carboxylic acids is 1. The molecule has 0 bridgehead atoms. The Balaban J connectivity index is 1.85. The maximum absolute atomic E-state index is 11.7. The van der Waals surface area contributed by atoms with Crippen molar-refractivity contribution in [3.63, 3.8) is 0 Å². The molecule has 0 aliphatic heterocycles. The Labute approximate surface area is 126 Å². The maximum Gasteiger partial charge on any atom is 0.355 e. The van der Waals surface area contributed by atoms with E-state index in [-0.39, 0.29) is 12.4 Å². The SMILES string of the molecule is COC(=O)c1cccc2nc(COc3cccc(O)c3)cn12. The molecule has 3 aromatic rings. The highest BCUT2D eigenvalue weighted by molar-refractivity contribution is 5.88. The normalized spacial score (nSPS) is 10.6. The lowest BCUT2D eigenvalue weighted by molar-refractivity contribution is 0.0592. The highest BCUT2D eigenvalue weighted by atomic mass is 16.5. The summed E-state index contributed by atoms with van der Waals surface area (Å²) in [4.78, 5) is 16.1. The zero-order valence-electron chi connectivity index (χ0n) is 11.9. The number of methoxy groups -OCH3 is 1. The molecule has 22 heavy (non-hydrogen) atoms. The van der Waals surface area contributed by atoms with Crippen LogP contribution in [0.3, 0.4) is 0 Å². The van der Waals surface area contributed by atoms with Crippen molar-refractivity contribution in [1.29, 1.82) is 0 Å². The van der Waals surface area contributed by atoms with Crippen molar-refractivity contribution in [3.8, 4) is 11.5 Å². The van der Waals surface area contributed by atoms with Crippen LogP contribution >= 0.6 is 0 Å². The van der Waals surface area contributed by atoms with Gasteiger partial charge in [0.2, 0.25) is 0 Å². The van der Waals surface area contributed by atoms with E-state index < -0.39 is 5.97 Å². The minimum Gasteiger partial charge on any atom is -0.508 e. The van der Waals surface area contributed by atoms with Crippen LogP contribution in [0.2, 0.25) is 0 Å². The smallest absolute Gasteiger partial charge is 0.355 e. The molecule has 1 N–H and O–H groups in total. The van der Waals surface area contributed by atoms with Crippen LogP contribution < -0.4 is 4.74 Å². The van der Waals surface area contributed by atoms with Crippen molar-refractivity contribution >= 4 is 11.6 Å². The van der Waals surface area contributed by atoms with Crippen molar-refractivity contribution in [2.45, 2.75) is 6.61 Å². The van der Waals surface area contributed by atoms with Crippen molar-refractivity contribution < 1.29 is 19.4 Å². The van der Waals surface area contributed by atoms with Crippen LogP contribution in [0.25, 0.3) is 5.65 Å². The van der Waals surface area contributed by atoms with Crippen LogP contribution in [0.5, 0.6) is 11.5 Å². The lowest BCUT2D eigenvalue weighted by Gasteiger charge is -2.03. The van der Waals surface area contributed by atoms with Crippen LogP contribution in [-0.2, 0) is 11.3 Å². The first kappa shape index (κ1) is 13.9. The fourth-order valence-electron chi connectivity index (χ4n) is 2.13. The highest BCUT2D eigenvalue weighted by Gasteiger charge is 2.12. The summed E-state index contributed by atoms with van der Waals surface area (Å²) >= 11 is 0. The summed E-state index contributed by atoms with van der Waals surface area (Å²) in [6, 6.07) is 11.7. The molecular formula is C16H14N2O4. The van der Waals surface area contributed by atoms with Crippen molar-refractivity contribution in [2.24, 2.45) is 0 Å². The van der Waals surface area contributed by atoms with E-state index >= 15 is 0 Å². The Morgan fingerprint density at radius 2 is 2.09 bits per heavy atom. The number of fused-ring (bicyclic) bond motifs is 1. The molecule has 0 aliphatic rings. The van der Waals surface area contributed by atoms with Gasteiger partial charge in [-0.3, -0.25) is 4.40 Å².